The quantitative estimate of drug-likeness (QED) is 0.638. The average molecular weight is 393 g/mol. The number of hydrogen-bond acceptors (Lipinski definition) is 4. The zero-order chi connectivity index (χ0) is 16.9. The second kappa shape index (κ2) is 7.57. The standard InChI is InChI=1S/C16H18BrFN6/c17-13-3-2-12(10-14(13)18)11-22-15(19)23-6-8-24(9-7-23)16-20-4-1-5-21-16/h1-5,10H,6-9,11H2,(H2,19,22). The lowest BCUT2D eigenvalue weighted by molar-refractivity contribution is 0.378. The fourth-order valence-electron chi connectivity index (χ4n) is 2.50. The van der Waals surface area contributed by atoms with Crippen molar-refractivity contribution in [2.75, 3.05) is 31.1 Å². The molecule has 1 aliphatic rings. The van der Waals surface area contributed by atoms with E-state index in [4.69, 9.17) is 5.73 Å². The predicted octanol–water partition coefficient (Wildman–Crippen LogP) is 2.02. The number of aromatic nitrogens is 2. The van der Waals surface area contributed by atoms with Crippen LogP contribution in [0.1, 0.15) is 5.56 Å². The third kappa shape index (κ3) is 4.00. The van der Waals surface area contributed by atoms with E-state index in [1.54, 1.807) is 24.5 Å². The van der Waals surface area contributed by atoms with Crippen LogP contribution in [-0.4, -0.2) is 47.0 Å². The number of piperazine rings is 1. The molecule has 1 aromatic heterocycles. The molecular formula is C16H18BrFN6. The summed E-state index contributed by atoms with van der Waals surface area (Å²) in [7, 11) is 0. The molecule has 8 heteroatoms. The van der Waals surface area contributed by atoms with Crippen LogP contribution in [0.4, 0.5) is 10.3 Å². The first-order valence-electron chi connectivity index (χ1n) is 7.64. The van der Waals surface area contributed by atoms with Crippen LogP contribution in [0.15, 0.2) is 46.1 Å². The number of nitrogens with two attached hydrogens (primary N) is 1. The summed E-state index contributed by atoms with van der Waals surface area (Å²) in [4.78, 5) is 17.0. The van der Waals surface area contributed by atoms with Gasteiger partial charge in [0.15, 0.2) is 5.96 Å². The molecule has 0 bridgehead atoms. The molecule has 2 heterocycles. The summed E-state index contributed by atoms with van der Waals surface area (Å²) in [6.07, 6.45) is 3.48. The van der Waals surface area contributed by atoms with E-state index in [0.29, 0.717) is 17.0 Å². The van der Waals surface area contributed by atoms with Gasteiger partial charge in [0.2, 0.25) is 5.95 Å². The number of halogens is 2. The van der Waals surface area contributed by atoms with Crippen LogP contribution in [0.25, 0.3) is 0 Å². The number of guanidine groups is 1. The number of rotatable bonds is 3. The summed E-state index contributed by atoms with van der Waals surface area (Å²) in [5, 5.41) is 0. The Morgan fingerprint density at radius 1 is 1.21 bits per heavy atom. The van der Waals surface area contributed by atoms with Gasteiger partial charge < -0.3 is 15.5 Å². The van der Waals surface area contributed by atoms with Crippen LogP contribution in [0.5, 0.6) is 0 Å². The first kappa shape index (κ1) is 16.6. The number of aliphatic imine (C=N–C) groups is 1. The Balaban J connectivity index is 1.56. The molecular weight excluding hydrogens is 375 g/mol. The van der Waals surface area contributed by atoms with Crippen LogP contribution in [-0.2, 0) is 6.54 Å². The van der Waals surface area contributed by atoms with Crippen LogP contribution in [0, 0.1) is 5.82 Å². The number of nitrogens with zero attached hydrogens (tertiary/aromatic N) is 5. The van der Waals surface area contributed by atoms with Gasteiger partial charge in [-0.3, -0.25) is 0 Å². The fourth-order valence-corrected chi connectivity index (χ4v) is 2.75. The van der Waals surface area contributed by atoms with Crippen LogP contribution < -0.4 is 10.6 Å². The Morgan fingerprint density at radius 3 is 2.58 bits per heavy atom. The Bertz CT molecular complexity index is 716. The van der Waals surface area contributed by atoms with E-state index >= 15 is 0 Å². The highest BCUT2D eigenvalue weighted by molar-refractivity contribution is 9.10. The first-order chi connectivity index (χ1) is 11.6. The highest BCUT2D eigenvalue weighted by atomic mass is 79.9. The van der Waals surface area contributed by atoms with E-state index in [2.05, 4.69) is 35.8 Å². The molecule has 0 spiro atoms. The van der Waals surface area contributed by atoms with Crippen LogP contribution in [0.2, 0.25) is 0 Å². The minimum atomic E-state index is -0.294. The van der Waals surface area contributed by atoms with Gasteiger partial charge in [-0.25, -0.2) is 19.4 Å². The van der Waals surface area contributed by atoms with Gasteiger partial charge in [-0.2, -0.15) is 0 Å². The van der Waals surface area contributed by atoms with Gasteiger partial charge in [0.25, 0.3) is 0 Å². The SMILES string of the molecule is NC(=NCc1ccc(Br)c(F)c1)N1CCN(c2ncccn2)CC1. The zero-order valence-corrected chi connectivity index (χ0v) is 14.7. The van der Waals surface area contributed by atoms with Gasteiger partial charge in [0, 0.05) is 38.6 Å². The van der Waals surface area contributed by atoms with Crippen molar-refractivity contribution in [1.82, 2.24) is 14.9 Å². The second-order valence-electron chi connectivity index (χ2n) is 5.45. The van der Waals surface area contributed by atoms with E-state index in [-0.39, 0.29) is 5.82 Å². The highest BCUT2D eigenvalue weighted by Gasteiger charge is 2.19. The Hall–Kier alpha value is -2.22. The van der Waals surface area contributed by atoms with Crippen molar-refractivity contribution >= 4 is 27.8 Å². The lowest BCUT2D eigenvalue weighted by atomic mass is 10.2. The maximum Gasteiger partial charge on any atom is 0.225 e. The van der Waals surface area contributed by atoms with E-state index in [0.717, 1.165) is 37.7 Å². The van der Waals surface area contributed by atoms with Gasteiger partial charge in [0.05, 0.1) is 11.0 Å². The van der Waals surface area contributed by atoms with Gasteiger partial charge in [-0.1, -0.05) is 6.07 Å². The maximum atomic E-state index is 13.5. The van der Waals surface area contributed by atoms with Gasteiger partial charge in [-0.05, 0) is 39.7 Å². The van der Waals surface area contributed by atoms with Gasteiger partial charge >= 0.3 is 0 Å². The number of benzene rings is 1. The van der Waals surface area contributed by atoms with Crippen molar-refractivity contribution < 1.29 is 4.39 Å². The molecule has 24 heavy (non-hydrogen) atoms. The van der Waals surface area contributed by atoms with E-state index in [9.17, 15) is 4.39 Å². The Morgan fingerprint density at radius 2 is 1.92 bits per heavy atom. The Kier molecular flexibility index (Phi) is 5.24. The third-order valence-corrected chi connectivity index (χ3v) is 4.49. The van der Waals surface area contributed by atoms with E-state index in [1.165, 1.54) is 6.07 Å². The molecule has 2 aromatic rings. The minimum Gasteiger partial charge on any atom is -0.370 e. The summed E-state index contributed by atoms with van der Waals surface area (Å²) >= 11 is 3.14. The monoisotopic (exact) mass is 392 g/mol. The summed E-state index contributed by atoms with van der Waals surface area (Å²) < 4.78 is 14.0. The molecule has 0 unspecified atom stereocenters. The molecule has 126 valence electrons. The van der Waals surface area contributed by atoms with E-state index < -0.39 is 0 Å². The molecule has 0 saturated carbocycles. The first-order valence-corrected chi connectivity index (χ1v) is 8.43. The third-order valence-electron chi connectivity index (χ3n) is 3.85. The molecule has 0 aliphatic carbocycles. The smallest absolute Gasteiger partial charge is 0.225 e. The van der Waals surface area contributed by atoms with Crippen LogP contribution >= 0.6 is 15.9 Å². The zero-order valence-electron chi connectivity index (χ0n) is 13.1. The van der Waals surface area contributed by atoms with Crippen molar-refractivity contribution in [3.8, 4) is 0 Å². The topological polar surface area (TPSA) is 70.6 Å². The minimum absolute atomic E-state index is 0.294. The lowest BCUT2D eigenvalue weighted by Crippen LogP contribution is -2.51. The maximum absolute atomic E-state index is 13.5. The normalized spacial score (nSPS) is 15.7. The molecule has 0 atom stereocenters. The summed E-state index contributed by atoms with van der Waals surface area (Å²) in [6, 6.07) is 6.77. The highest BCUT2D eigenvalue weighted by Crippen LogP contribution is 2.17. The molecule has 0 radical (unpaired) electrons. The van der Waals surface area contributed by atoms with Gasteiger partial charge in [-0.15, -0.1) is 0 Å². The van der Waals surface area contributed by atoms with Crippen LogP contribution in [0.3, 0.4) is 0 Å². The molecule has 1 fully saturated rings. The molecule has 1 saturated heterocycles. The van der Waals surface area contributed by atoms with Crippen molar-refractivity contribution in [3.63, 3.8) is 0 Å². The predicted molar refractivity (Wildman–Crippen MR) is 95.2 cm³/mol. The summed E-state index contributed by atoms with van der Waals surface area (Å²) in [5.74, 6) is 0.919. The number of anilines is 1. The fraction of sp³-hybridized carbons (Fsp3) is 0.312. The summed E-state index contributed by atoms with van der Waals surface area (Å²) in [5.41, 5.74) is 6.86. The lowest BCUT2D eigenvalue weighted by Gasteiger charge is -2.35. The molecule has 3 rings (SSSR count). The molecule has 0 amide bonds. The van der Waals surface area contributed by atoms with Crippen molar-refractivity contribution in [3.05, 3.63) is 52.5 Å². The molecule has 1 aromatic carbocycles. The Labute approximate surface area is 148 Å². The average Bonchev–Trinajstić information content (AvgIpc) is 2.63. The van der Waals surface area contributed by atoms with E-state index in [1.807, 2.05) is 11.0 Å². The molecule has 1 aliphatic heterocycles. The van der Waals surface area contributed by atoms with Crippen molar-refractivity contribution in [2.45, 2.75) is 6.54 Å². The molecule has 2 N–H and O–H groups in total. The largest absolute Gasteiger partial charge is 0.370 e. The van der Waals surface area contributed by atoms with Crippen molar-refractivity contribution in [2.24, 2.45) is 10.7 Å². The summed E-state index contributed by atoms with van der Waals surface area (Å²) in [6.45, 7) is 3.43. The molecule has 6 nitrogen and oxygen atoms in total. The van der Waals surface area contributed by atoms with Crippen molar-refractivity contribution in [1.29, 1.82) is 0 Å². The number of hydrogen-bond donors (Lipinski definition) is 1. The van der Waals surface area contributed by atoms with Gasteiger partial charge in [0.1, 0.15) is 5.82 Å². The second-order valence-corrected chi connectivity index (χ2v) is 6.30.